The summed E-state index contributed by atoms with van der Waals surface area (Å²) in [6, 6.07) is 14.2. The fraction of sp³-hybridized carbons (Fsp3) is 0.333. The molecule has 0 aliphatic rings. The maximum absolute atomic E-state index is 5.70. The summed E-state index contributed by atoms with van der Waals surface area (Å²) < 4.78 is 10.9. The summed E-state index contributed by atoms with van der Waals surface area (Å²) in [5, 5.41) is 3.45. The summed E-state index contributed by atoms with van der Waals surface area (Å²) in [7, 11) is 1.68. The highest BCUT2D eigenvalue weighted by Gasteiger charge is 2.03. The van der Waals surface area contributed by atoms with Gasteiger partial charge in [0.25, 0.3) is 0 Å². The van der Waals surface area contributed by atoms with Crippen molar-refractivity contribution >= 4 is 5.69 Å². The van der Waals surface area contributed by atoms with E-state index >= 15 is 0 Å². The molecule has 0 saturated heterocycles. The van der Waals surface area contributed by atoms with Crippen LogP contribution in [0.5, 0.6) is 11.5 Å². The van der Waals surface area contributed by atoms with Gasteiger partial charge in [0.1, 0.15) is 11.5 Å². The fourth-order valence-electron chi connectivity index (χ4n) is 2.12. The molecule has 2 aromatic rings. The summed E-state index contributed by atoms with van der Waals surface area (Å²) in [6.45, 7) is 6.94. The van der Waals surface area contributed by atoms with Gasteiger partial charge in [-0.25, -0.2) is 0 Å². The van der Waals surface area contributed by atoms with Crippen molar-refractivity contribution in [3.63, 3.8) is 0 Å². The minimum atomic E-state index is 0.197. The predicted octanol–water partition coefficient (Wildman–Crippen LogP) is 4.40. The molecule has 0 bridgehead atoms. The van der Waals surface area contributed by atoms with E-state index in [9.17, 15) is 0 Å². The van der Waals surface area contributed by atoms with E-state index in [-0.39, 0.29) is 6.10 Å². The minimum Gasteiger partial charge on any atom is -0.497 e. The lowest BCUT2D eigenvalue weighted by atomic mass is 10.1. The van der Waals surface area contributed by atoms with E-state index in [4.69, 9.17) is 9.47 Å². The van der Waals surface area contributed by atoms with E-state index in [2.05, 4.69) is 36.5 Å². The number of anilines is 1. The van der Waals surface area contributed by atoms with Gasteiger partial charge < -0.3 is 14.8 Å². The molecule has 0 heterocycles. The number of rotatable bonds is 6. The number of methoxy groups -OCH3 is 1. The van der Waals surface area contributed by atoms with E-state index in [1.165, 1.54) is 11.1 Å². The maximum Gasteiger partial charge on any atom is 0.120 e. The first-order valence-corrected chi connectivity index (χ1v) is 7.22. The van der Waals surface area contributed by atoms with Gasteiger partial charge in [0.05, 0.1) is 13.2 Å². The summed E-state index contributed by atoms with van der Waals surface area (Å²) in [5.74, 6) is 1.79. The number of hydrogen-bond acceptors (Lipinski definition) is 3. The molecule has 0 unspecified atom stereocenters. The molecule has 21 heavy (non-hydrogen) atoms. The average molecular weight is 285 g/mol. The molecule has 3 nitrogen and oxygen atoms in total. The van der Waals surface area contributed by atoms with Crippen molar-refractivity contribution in [2.24, 2.45) is 0 Å². The van der Waals surface area contributed by atoms with E-state index in [0.29, 0.717) is 0 Å². The Hall–Kier alpha value is -2.16. The van der Waals surface area contributed by atoms with Gasteiger partial charge in [0.2, 0.25) is 0 Å². The maximum atomic E-state index is 5.70. The van der Waals surface area contributed by atoms with Crippen LogP contribution in [0.2, 0.25) is 0 Å². The molecule has 0 aliphatic carbocycles. The standard InChI is InChI=1S/C18H23NO2/c1-13(2)21-17-9-10-18(14(3)11-17)19-12-15-5-7-16(20-4)8-6-15/h5-11,13,19H,12H2,1-4H3. The molecule has 0 saturated carbocycles. The summed E-state index contributed by atoms with van der Waals surface area (Å²) in [5.41, 5.74) is 3.53. The average Bonchev–Trinajstić information content (AvgIpc) is 2.46. The van der Waals surface area contributed by atoms with Crippen molar-refractivity contribution in [3.05, 3.63) is 53.6 Å². The number of benzene rings is 2. The number of aryl methyl sites for hydroxylation is 1. The molecule has 0 spiro atoms. The van der Waals surface area contributed by atoms with Crippen molar-refractivity contribution in [3.8, 4) is 11.5 Å². The van der Waals surface area contributed by atoms with Gasteiger partial charge in [0.15, 0.2) is 0 Å². The Labute approximate surface area is 126 Å². The Morgan fingerprint density at radius 3 is 2.24 bits per heavy atom. The molecule has 0 atom stereocenters. The van der Waals surface area contributed by atoms with E-state index < -0.39 is 0 Å². The lowest BCUT2D eigenvalue weighted by molar-refractivity contribution is 0.242. The second-order valence-corrected chi connectivity index (χ2v) is 5.34. The molecule has 0 amide bonds. The van der Waals surface area contributed by atoms with Crippen molar-refractivity contribution in [1.29, 1.82) is 0 Å². The van der Waals surface area contributed by atoms with Crippen LogP contribution in [-0.4, -0.2) is 13.2 Å². The molecule has 112 valence electrons. The first kappa shape index (κ1) is 15.2. The van der Waals surface area contributed by atoms with Crippen LogP contribution in [0.3, 0.4) is 0 Å². The Morgan fingerprint density at radius 1 is 1.00 bits per heavy atom. The van der Waals surface area contributed by atoms with Crippen molar-refractivity contribution < 1.29 is 9.47 Å². The summed E-state index contributed by atoms with van der Waals surface area (Å²) in [4.78, 5) is 0. The van der Waals surface area contributed by atoms with E-state index in [1.807, 2.05) is 32.0 Å². The summed E-state index contributed by atoms with van der Waals surface area (Å²) >= 11 is 0. The second kappa shape index (κ2) is 7.02. The quantitative estimate of drug-likeness (QED) is 0.853. The van der Waals surface area contributed by atoms with Gasteiger partial charge in [-0.15, -0.1) is 0 Å². The largest absolute Gasteiger partial charge is 0.497 e. The SMILES string of the molecule is COc1ccc(CNc2ccc(OC(C)C)cc2C)cc1. The first-order valence-electron chi connectivity index (χ1n) is 7.22. The molecule has 3 heteroatoms. The van der Waals surface area contributed by atoms with Crippen molar-refractivity contribution in [1.82, 2.24) is 0 Å². The molecule has 1 N–H and O–H groups in total. The Morgan fingerprint density at radius 2 is 1.67 bits per heavy atom. The predicted molar refractivity (Wildman–Crippen MR) is 87.3 cm³/mol. The highest BCUT2D eigenvalue weighted by Crippen LogP contribution is 2.23. The molecule has 0 radical (unpaired) electrons. The number of nitrogens with one attached hydrogen (secondary N) is 1. The van der Waals surface area contributed by atoms with Gasteiger partial charge in [-0.05, 0) is 62.2 Å². The Bertz CT molecular complexity index is 576. The van der Waals surface area contributed by atoms with Crippen LogP contribution >= 0.6 is 0 Å². The molecule has 0 aromatic heterocycles. The van der Waals surface area contributed by atoms with Crippen LogP contribution in [0.25, 0.3) is 0 Å². The third-order valence-corrected chi connectivity index (χ3v) is 3.21. The molecule has 2 aromatic carbocycles. The van der Waals surface area contributed by atoms with Crippen LogP contribution in [0.1, 0.15) is 25.0 Å². The van der Waals surface area contributed by atoms with Gasteiger partial charge in [-0.3, -0.25) is 0 Å². The van der Waals surface area contributed by atoms with Gasteiger partial charge >= 0.3 is 0 Å². The van der Waals surface area contributed by atoms with Crippen molar-refractivity contribution in [2.75, 3.05) is 12.4 Å². The zero-order chi connectivity index (χ0) is 15.2. The zero-order valence-corrected chi connectivity index (χ0v) is 13.1. The fourth-order valence-corrected chi connectivity index (χ4v) is 2.12. The highest BCUT2D eigenvalue weighted by molar-refractivity contribution is 5.54. The van der Waals surface area contributed by atoms with E-state index in [1.54, 1.807) is 7.11 Å². The molecule has 2 rings (SSSR count). The zero-order valence-electron chi connectivity index (χ0n) is 13.1. The topological polar surface area (TPSA) is 30.5 Å². The van der Waals surface area contributed by atoms with Gasteiger partial charge in [-0.1, -0.05) is 12.1 Å². The van der Waals surface area contributed by atoms with E-state index in [0.717, 1.165) is 23.7 Å². The van der Waals surface area contributed by atoms with Crippen LogP contribution < -0.4 is 14.8 Å². The molecular formula is C18H23NO2. The van der Waals surface area contributed by atoms with Crippen LogP contribution in [-0.2, 0) is 6.54 Å². The van der Waals surface area contributed by atoms with Crippen molar-refractivity contribution in [2.45, 2.75) is 33.4 Å². The van der Waals surface area contributed by atoms with Crippen LogP contribution in [0.15, 0.2) is 42.5 Å². The normalized spacial score (nSPS) is 10.5. The first-order chi connectivity index (χ1) is 10.1. The third-order valence-electron chi connectivity index (χ3n) is 3.21. The van der Waals surface area contributed by atoms with Gasteiger partial charge in [0, 0.05) is 12.2 Å². The monoisotopic (exact) mass is 285 g/mol. The van der Waals surface area contributed by atoms with Crippen LogP contribution in [0, 0.1) is 6.92 Å². The summed E-state index contributed by atoms with van der Waals surface area (Å²) in [6.07, 6.45) is 0.197. The lowest BCUT2D eigenvalue weighted by Gasteiger charge is -2.14. The molecular weight excluding hydrogens is 262 g/mol. The van der Waals surface area contributed by atoms with Crippen LogP contribution in [0.4, 0.5) is 5.69 Å². The smallest absolute Gasteiger partial charge is 0.120 e. The lowest BCUT2D eigenvalue weighted by Crippen LogP contribution is -2.06. The molecule has 0 fully saturated rings. The second-order valence-electron chi connectivity index (χ2n) is 5.34. The minimum absolute atomic E-state index is 0.197. The number of ether oxygens (including phenoxy) is 2. The third kappa shape index (κ3) is 4.42. The molecule has 0 aliphatic heterocycles. The van der Waals surface area contributed by atoms with Gasteiger partial charge in [-0.2, -0.15) is 0 Å². The Balaban J connectivity index is 1.99. The highest BCUT2D eigenvalue weighted by atomic mass is 16.5. The number of hydrogen-bond donors (Lipinski definition) is 1. The Kier molecular flexibility index (Phi) is 5.09.